The molecule has 2 rings (SSSR count). The number of carbonyl (C=O) groups excluding carboxylic acids is 2. The molecule has 1 amide bonds. The summed E-state index contributed by atoms with van der Waals surface area (Å²) in [4.78, 5) is 22.7. The molecule has 0 unspecified atom stereocenters. The van der Waals surface area contributed by atoms with E-state index < -0.39 is 0 Å². The van der Waals surface area contributed by atoms with Gasteiger partial charge in [0, 0.05) is 23.4 Å². The van der Waals surface area contributed by atoms with Crippen LogP contribution in [0.4, 0.5) is 5.69 Å². The van der Waals surface area contributed by atoms with Gasteiger partial charge >= 0.3 is 0 Å². The van der Waals surface area contributed by atoms with E-state index in [0.29, 0.717) is 0 Å². The average molecular weight is 289 g/mol. The third kappa shape index (κ3) is 3.30. The second-order valence-corrected chi connectivity index (χ2v) is 5.34. The van der Waals surface area contributed by atoms with E-state index >= 15 is 0 Å². The lowest BCUT2D eigenvalue weighted by Crippen LogP contribution is -2.15. The van der Waals surface area contributed by atoms with Gasteiger partial charge in [0.25, 0.3) is 0 Å². The largest absolute Gasteiger partial charge is 0.496 e. The van der Waals surface area contributed by atoms with Gasteiger partial charge in [-0.15, -0.1) is 0 Å². The number of methoxy groups -OCH3 is 1. The van der Waals surface area contributed by atoms with Crippen LogP contribution >= 0.6 is 11.8 Å². The molecule has 4 nitrogen and oxygen atoms in total. The molecule has 0 spiro atoms. The van der Waals surface area contributed by atoms with E-state index in [0.717, 1.165) is 34.0 Å². The van der Waals surface area contributed by atoms with Crippen molar-refractivity contribution < 1.29 is 14.3 Å². The van der Waals surface area contributed by atoms with E-state index in [9.17, 15) is 9.59 Å². The summed E-state index contributed by atoms with van der Waals surface area (Å²) in [5.41, 5.74) is 0.718. The Bertz CT molecular complexity index is 655. The molecule has 0 aromatic heterocycles. The summed E-state index contributed by atoms with van der Waals surface area (Å²) >= 11 is 0.996. The molecule has 0 aliphatic heterocycles. The zero-order valence-electron chi connectivity index (χ0n) is 11.3. The summed E-state index contributed by atoms with van der Waals surface area (Å²) in [6.07, 6.45) is 0. The van der Waals surface area contributed by atoms with Gasteiger partial charge in [-0.05, 0) is 12.1 Å². The van der Waals surface area contributed by atoms with Crippen molar-refractivity contribution in [2.24, 2.45) is 0 Å². The van der Waals surface area contributed by atoms with E-state index in [1.807, 2.05) is 30.3 Å². The number of fused-ring (bicyclic) bond motifs is 1. The zero-order chi connectivity index (χ0) is 14.5. The molecule has 0 radical (unpaired) electrons. The summed E-state index contributed by atoms with van der Waals surface area (Å²) in [6, 6.07) is 11.3. The first kappa shape index (κ1) is 14.4. The highest BCUT2D eigenvalue weighted by Crippen LogP contribution is 2.31. The molecular weight excluding hydrogens is 274 g/mol. The van der Waals surface area contributed by atoms with Gasteiger partial charge in [-0.3, -0.25) is 9.59 Å². The molecule has 0 fully saturated rings. The third-order valence-corrected chi connectivity index (χ3v) is 3.60. The first-order chi connectivity index (χ1) is 9.61. The Morgan fingerprint density at radius 2 is 1.85 bits per heavy atom. The fourth-order valence-corrected chi connectivity index (χ4v) is 2.32. The smallest absolute Gasteiger partial charge is 0.234 e. The molecule has 104 valence electrons. The predicted molar refractivity (Wildman–Crippen MR) is 82.3 cm³/mol. The van der Waals surface area contributed by atoms with Crippen LogP contribution in [0.15, 0.2) is 36.4 Å². The molecule has 20 heavy (non-hydrogen) atoms. The van der Waals surface area contributed by atoms with Crippen LogP contribution in [0.3, 0.4) is 0 Å². The fraction of sp³-hybridized carbons (Fsp3) is 0.200. The SMILES string of the molecule is COc1ccc(NC(=O)CSC(C)=O)c2ccccc12. The number of rotatable bonds is 4. The van der Waals surface area contributed by atoms with Gasteiger partial charge in [-0.2, -0.15) is 0 Å². The molecule has 0 bridgehead atoms. The van der Waals surface area contributed by atoms with Crippen molar-refractivity contribution in [3.63, 3.8) is 0 Å². The van der Waals surface area contributed by atoms with Crippen molar-refractivity contribution in [2.75, 3.05) is 18.2 Å². The second kappa shape index (κ2) is 6.43. The molecule has 5 heteroatoms. The number of amides is 1. The predicted octanol–water partition coefficient (Wildman–Crippen LogP) is 3.07. The van der Waals surface area contributed by atoms with Crippen LogP contribution in [0.1, 0.15) is 6.92 Å². The van der Waals surface area contributed by atoms with Gasteiger partial charge in [-0.1, -0.05) is 36.0 Å². The number of nitrogens with one attached hydrogen (secondary N) is 1. The molecule has 2 aromatic carbocycles. The second-order valence-electron chi connectivity index (χ2n) is 4.19. The van der Waals surface area contributed by atoms with Crippen LogP contribution in [0.5, 0.6) is 5.75 Å². The highest BCUT2D eigenvalue weighted by molar-refractivity contribution is 8.14. The first-order valence-electron chi connectivity index (χ1n) is 6.11. The number of carbonyl (C=O) groups is 2. The lowest BCUT2D eigenvalue weighted by atomic mass is 10.1. The molecule has 0 atom stereocenters. The minimum Gasteiger partial charge on any atom is -0.496 e. The summed E-state index contributed by atoms with van der Waals surface area (Å²) < 4.78 is 5.30. The summed E-state index contributed by atoms with van der Waals surface area (Å²) in [6.45, 7) is 1.45. The number of benzene rings is 2. The number of hydrogen-bond acceptors (Lipinski definition) is 4. The van der Waals surface area contributed by atoms with E-state index in [-0.39, 0.29) is 16.8 Å². The van der Waals surface area contributed by atoms with Crippen molar-refractivity contribution in [1.82, 2.24) is 0 Å². The number of ether oxygens (including phenoxy) is 1. The van der Waals surface area contributed by atoms with Gasteiger partial charge in [0.05, 0.1) is 12.9 Å². The Morgan fingerprint density at radius 3 is 2.50 bits per heavy atom. The quantitative estimate of drug-likeness (QED) is 0.940. The average Bonchev–Trinajstić information content (AvgIpc) is 2.45. The molecule has 0 heterocycles. The van der Waals surface area contributed by atoms with E-state index in [1.165, 1.54) is 6.92 Å². The zero-order valence-corrected chi connectivity index (χ0v) is 12.1. The minimum atomic E-state index is -0.194. The Labute approximate surface area is 121 Å². The monoisotopic (exact) mass is 289 g/mol. The van der Waals surface area contributed by atoms with Crippen LogP contribution in [0.2, 0.25) is 0 Å². The summed E-state index contributed by atoms with van der Waals surface area (Å²) in [7, 11) is 1.61. The molecule has 0 saturated heterocycles. The normalized spacial score (nSPS) is 10.3. The highest BCUT2D eigenvalue weighted by Gasteiger charge is 2.09. The fourth-order valence-electron chi connectivity index (χ4n) is 1.91. The standard InChI is InChI=1S/C15H15NO3S/c1-10(17)20-9-15(18)16-13-7-8-14(19-2)12-6-4-3-5-11(12)13/h3-8H,9H2,1-2H3,(H,16,18). The van der Waals surface area contributed by atoms with Gasteiger partial charge in [0.2, 0.25) is 5.91 Å². The lowest BCUT2D eigenvalue weighted by molar-refractivity contribution is -0.114. The van der Waals surface area contributed by atoms with Crippen molar-refractivity contribution >= 4 is 39.2 Å². The Hall–Kier alpha value is -2.01. The van der Waals surface area contributed by atoms with E-state index in [2.05, 4.69) is 5.32 Å². The van der Waals surface area contributed by atoms with Crippen LogP contribution in [-0.2, 0) is 9.59 Å². The first-order valence-corrected chi connectivity index (χ1v) is 7.09. The molecule has 1 N–H and O–H groups in total. The number of thioether (sulfide) groups is 1. The molecular formula is C15H15NO3S. The van der Waals surface area contributed by atoms with E-state index in [4.69, 9.17) is 4.74 Å². The van der Waals surface area contributed by atoms with Crippen LogP contribution in [0.25, 0.3) is 10.8 Å². The molecule has 0 aliphatic carbocycles. The van der Waals surface area contributed by atoms with Gasteiger partial charge < -0.3 is 10.1 Å². The van der Waals surface area contributed by atoms with E-state index in [1.54, 1.807) is 13.2 Å². The maximum atomic E-state index is 11.8. The lowest BCUT2D eigenvalue weighted by Gasteiger charge is -2.11. The topological polar surface area (TPSA) is 55.4 Å². The van der Waals surface area contributed by atoms with Crippen molar-refractivity contribution in [3.8, 4) is 5.75 Å². The molecule has 2 aromatic rings. The minimum absolute atomic E-state index is 0.0697. The Balaban J connectivity index is 2.27. The number of hydrogen-bond donors (Lipinski definition) is 1. The van der Waals surface area contributed by atoms with Gasteiger partial charge in [0.15, 0.2) is 5.12 Å². The summed E-state index contributed by atoms with van der Waals surface area (Å²) in [5.74, 6) is 0.688. The van der Waals surface area contributed by atoms with Gasteiger partial charge in [-0.25, -0.2) is 0 Å². The molecule has 0 aliphatic rings. The van der Waals surface area contributed by atoms with Crippen molar-refractivity contribution in [2.45, 2.75) is 6.92 Å². The Morgan fingerprint density at radius 1 is 1.15 bits per heavy atom. The Kier molecular flexibility index (Phi) is 4.63. The van der Waals surface area contributed by atoms with Crippen molar-refractivity contribution in [1.29, 1.82) is 0 Å². The highest BCUT2D eigenvalue weighted by atomic mass is 32.2. The summed E-state index contributed by atoms with van der Waals surface area (Å²) in [5, 5.41) is 4.60. The maximum absolute atomic E-state index is 11.8. The van der Waals surface area contributed by atoms with Crippen LogP contribution in [0, 0.1) is 0 Å². The molecule has 0 saturated carbocycles. The van der Waals surface area contributed by atoms with Crippen LogP contribution < -0.4 is 10.1 Å². The van der Waals surface area contributed by atoms with Crippen molar-refractivity contribution in [3.05, 3.63) is 36.4 Å². The van der Waals surface area contributed by atoms with Gasteiger partial charge in [0.1, 0.15) is 5.75 Å². The third-order valence-electron chi connectivity index (χ3n) is 2.78. The maximum Gasteiger partial charge on any atom is 0.234 e. The van der Waals surface area contributed by atoms with Crippen LogP contribution in [-0.4, -0.2) is 23.9 Å². The number of anilines is 1.